The number of hydrogen-bond acceptors (Lipinski definition) is 7. The van der Waals surface area contributed by atoms with Crippen molar-refractivity contribution in [3.05, 3.63) is 45.5 Å². The van der Waals surface area contributed by atoms with Crippen LogP contribution < -0.4 is 0 Å². The van der Waals surface area contributed by atoms with Crippen molar-refractivity contribution in [3.8, 4) is 0 Å². The predicted octanol–water partition coefficient (Wildman–Crippen LogP) is 5.97. The van der Waals surface area contributed by atoms with E-state index in [1.165, 1.54) is 51.2 Å². The number of aliphatic hydroxyl groups is 2. The summed E-state index contributed by atoms with van der Waals surface area (Å²) in [6.07, 6.45) is -3.09. The molecule has 6 nitrogen and oxygen atoms in total. The van der Waals surface area contributed by atoms with Gasteiger partial charge in [0.05, 0.1) is 34.7 Å². The molecule has 1 aliphatic heterocycles. The highest BCUT2D eigenvalue weighted by Crippen LogP contribution is 2.36. The second kappa shape index (κ2) is 12.3. The minimum Gasteiger partial charge on any atom is -0.454 e. The van der Waals surface area contributed by atoms with Crippen LogP contribution in [0.3, 0.4) is 0 Å². The average molecular weight is 558 g/mol. The van der Waals surface area contributed by atoms with Crippen LogP contribution in [-0.4, -0.2) is 50.9 Å². The van der Waals surface area contributed by atoms with Crippen LogP contribution in [-0.2, 0) is 14.3 Å². The van der Waals surface area contributed by atoms with Crippen molar-refractivity contribution in [1.82, 2.24) is 4.98 Å². The SMILES string of the molecule is C/C(=C\c1csc(C)n1)[C@]1(C)C/C=C(/C(F)(F)F)C/C=C/[C@H](C)[C@H](O)[C@@H](C)C(=O)C(C)(C)[C@@H](O)CC(=O)O1. The quantitative estimate of drug-likeness (QED) is 0.343. The number of esters is 1. The molecule has 1 aliphatic rings. The molecule has 10 heteroatoms. The lowest BCUT2D eigenvalue weighted by Gasteiger charge is -2.35. The molecule has 0 saturated carbocycles. The van der Waals surface area contributed by atoms with Gasteiger partial charge in [0.15, 0.2) is 0 Å². The molecule has 0 radical (unpaired) electrons. The molecule has 2 heterocycles. The van der Waals surface area contributed by atoms with Crippen LogP contribution in [0.4, 0.5) is 13.2 Å². The van der Waals surface area contributed by atoms with Gasteiger partial charge in [-0.3, -0.25) is 9.59 Å². The summed E-state index contributed by atoms with van der Waals surface area (Å²) < 4.78 is 47.4. The highest BCUT2D eigenvalue weighted by molar-refractivity contribution is 7.09. The number of hydrogen-bond donors (Lipinski definition) is 2. The first-order valence-electron chi connectivity index (χ1n) is 12.5. The third kappa shape index (κ3) is 7.86. The van der Waals surface area contributed by atoms with Crippen molar-refractivity contribution in [1.29, 1.82) is 0 Å². The van der Waals surface area contributed by atoms with Crippen LogP contribution >= 0.6 is 11.3 Å². The number of aryl methyl sites for hydroxylation is 1. The van der Waals surface area contributed by atoms with Gasteiger partial charge in [-0.05, 0) is 38.8 Å². The van der Waals surface area contributed by atoms with E-state index in [4.69, 9.17) is 4.74 Å². The molecule has 2 rings (SSSR count). The molecule has 2 N–H and O–H groups in total. The lowest BCUT2D eigenvalue weighted by Crippen LogP contribution is -2.46. The number of rotatable bonds is 2. The van der Waals surface area contributed by atoms with Gasteiger partial charge in [0.2, 0.25) is 0 Å². The Morgan fingerprint density at radius 3 is 2.39 bits per heavy atom. The van der Waals surface area contributed by atoms with Gasteiger partial charge in [-0.2, -0.15) is 13.2 Å². The second-order valence-electron chi connectivity index (χ2n) is 10.8. The largest absolute Gasteiger partial charge is 0.454 e. The Kier molecular flexibility index (Phi) is 10.3. The number of nitrogens with zero attached hydrogens (tertiary/aromatic N) is 1. The fourth-order valence-corrected chi connectivity index (χ4v) is 4.90. The summed E-state index contributed by atoms with van der Waals surface area (Å²) >= 11 is 1.41. The fourth-order valence-electron chi connectivity index (χ4n) is 4.33. The molecule has 0 unspecified atom stereocenters. The summed E-state index contributed by atoms with van der Waals surface area (Å²) in [7, 11) is 0. The van der Waals surface area contributed by atoms with E-state index in [9.17, 15) is 33.0 Å². The molecule has 1 aromatic rings. The van der Waals surface area contributed by atoms with Crippen LogP contribution in [0, 0.1) is 24.2 Å². The number of allylic oxidation sites excluding steroid dienone is 2. The molecular weight excluding hydrogens is 519 g/mol. The van der Waals surface area contributed by atoms with Crippen LogP contribution in [0.5, 0.6) is 0 Å². The van der Waals surface area contributed by atoms with Gasteiger partial charge in [-0.1, -0.05) is 45.9 Å². The number of carbonyl (C=O) groups excluding carboxylic acids is 2. The number of Topliss-reactive ketones (excluding diaryl/α,β-unsaturated/α-hetero) is 1. The number of aromatic nitrogens is 1. The number of cyclic esters (lactones) is 1. The summed E-state index contributed by atoms with van der Waals surface area (Å²) in [5.74, 6) is -2.88. The Labute approximate surface area is 226 Å². The van der Waals surface area contributed by atoms with Crippen molar-refractivity contribution >= 4 is 29.2 Å². The van der Waals surface area contributed by atoms with Crippen LogP contribution in [0.1, 0.15) is 71.5 Å². The third-order valence-electron chi connectivity index (χ3n) is 7.35. The average Bonchev–Trinajstić information content (AvgIpc) is 3.22. The Hall–Kier alpha value is -2.30. The van der Waals surface area contributed by atoms with Gasteiger partial charge in [0.25, 0.3) is 0 Å². The summed E-state index contributed by atoms with van der Waals surface area (Å²) in [5, 5.41) is 24.1. The van der Waals surface area contributed by atoms with Crippen molar-refractivity contribution in [2.75, 3.05) is 0 Å². The van der Waals surface area contributed by atoms with Crippen molar-refractivity contribution in [3.63, 3.8) is 0 Å². The molecule has 0 aliphatic carbocycles. The molecular formula is C28H38F3NO5S. The standard InChI is InChI=1S/C28H38F3NO5S/c1-16-9-8-10-20(28(29,30)31)11-12-27(7,17(2)13-21-15-38-19(4)32-21)37-23(34)14-22(33)26(5,6)25(36)18(3)24(16)35/h8-9,11,13,15-16,18,22,24,33,35H,10,12,14H2,1-7H3/b9-8+,17-13+,20-11+/t16-,18+,22-,24-,27-/m0/s1. The summed E-state index contributed by atoms with van der Waals surface area (Å²) in [6.45, 7) is 11.1. The van der Waals surface area contributed by atoms with E-state index in [-0.39, 0.29) is 6.42 Å². The molecule has 0 aromatic carbocycles. The first-order valence-corrected chi connectivity index (χ1v) is 13.4. The van der Waals surface area contributed by atoms with E-state index in [1.54, 1.807) is 25.3 Å². The van der Waals surface area contributed by atoms with Crippen molar-refractivity contribution < 1.29 is 37.7 Å². The fraction of sp³-hybridized carbons (Fsp3) is 0.607. The van der Waals surface area contributed by atoms with Crippen LogP contribution in [0.15, 0.2) is 34.8 Å². The summed E-state index contributed by atoms with van der Waals surface area (Å²) in [5.41, 5.74) is -2.63. The zero-order chi connectivity index (χ0) is 29.1. The van der Waals surface area contributed by atoms with E-state index >= 15 is 0 Å². The zero-order valence-corrected chi connectivity index (χ0v) is 23.7. The second-order valence-corrected chi connectivity index (χ2v) is 11.9. The van der Waals surface area contributed by atoms with Gasteiger partial charge < -0.3 is 14.9 Å². The molecule has 0 spiro atoms. The van der Waals surface area contributed by atoms with Crippen LogP contribution in [0.2, 0.25) is 0 Å². The topological polar surface area (TPSA) is 96.7 Å². The highest BCUT2D eigenvalue weighted by Gasteiger charge is 2.43. The third-order valence-corrected chi connectivity index (χ3v) is 8.14. The predicted molar refractivity (Wildman–Crippen MR) is 141 cm³/mol. The lowest BCUT2D eigenvalue weighted by atomic mass is 9.73. The molecule has 1 aromatic heterocycles. The van der Waals surface area contributed by atoms with Gasteiger partial charge in [0.1, 0.15) is 11.4 Å². The number of halogens is 3. The van der Waals surface area contributed by atoms with Gasteiger partial charge >= 0.3 is 12.1 Å². The number of alkyl halides is 3. The summed E-state index contributed by atoms with van der Waals surface area (Å²) in [6, 6.07) is 0. The van der Waals surface area contributed by atoms with Gasteiger partial charge in [-0.25, -0.2) is 4.98 Å². The minimum atomic E-state index is -4.63. The van der Waals surface area contributed by atoms with E-state index < -0.39 is 71.4 Å². The monoisotopic (exact) mass is 557 g/mol. The Morgan fingerprint density at radius 1 is 1.21 bits per heavy atom. The van der Waals surface area contributed by atoms with E-state index in [0.717, 1.165) is 11.1 Å². The van der Waals surface area contributed by atoms with Crippen molar-refractivity contribution in [2.24, 2.45) is 17.3 Å². The molecule has 0 amide bonds. The van der Waals surface area contributed by atoms with E-state index in [0.29, 0.717) is 11.3 Å². The maximum Gasteiger partial charge on any atom is 0.412 e. The smallest absolute Gasteiger partial charge is 0.412 e. The van der Waals surface area contributed by atoms with E-state index in [2.05, 4.69) is 4.98 Å². The lowest BCUT2D eigenvalue weighted by molar-refractivity contribution is -0.160. The first kappa shape index (κ1) is 31.9. The maximum atomic E-state index is 13.9. The maximum absolute atomic E-state index is 13.9. The molecule has 0 bridgehead atoms. The normalized spacial score (nSPS) is 32.8. The number of ketones is 1. The number of aliphatic hydroxyl groups excluding tert-OH is 2. The Morgan fingerprint density at radius 2 is 1.84 bits per heavy atom. The van der Waals surface area contributed by atoms with Gasteiger partial charge in [-0.15, -0.1) is 11.3 Å². The molecule has 0 fully saturated rings. The number of thiazole rings is 1. The number of carbonyl (C=O) groups is 2. The number of ether oxygens (including phenoxy) is 1. The van der Waals surface area contributed by atoms with Crippen LogP contribution in [0.25, 0.3) is 6.08 Å². The summed E-state index contributed by atoms with van der Waals surface area (Å²) in [4.78, 5) is 30.5. The Bertz CT molecular complexity index is 1100. The first-order chi connectivity index (χ1) is 17.4. The van der Waals surface area contributed by atoms with Gasteiger partial charge in [0, 0.05) is 29.2 Å². The van der Waals surface area contributed by atoms with E-state index in [1.807, 2.05) is 6.92 Å². The van der Waals surface area contributed by atoms with Crippen molar-refractivity contribution in [2.45, 2.75) is 91.7 Å². The Balaban J connectivity index is 2.58. The highest BCUT2D eigenvalue weighted by atomic mass is 32.1. The molecule has 212 valence electrons. The molecule has 38 heavy (non-hydrogen) atoms. The molecule has 0 saturated heterocycles. The zero-order valence-electron chi connectivity index (χ0n) is 22.9. The molecule has 5 atom stereocenters. The minimum absolute atomic E-state index is 0.277.